The van der Waals surface area contributed by atoms with E-state index in [0.29, 0.717) is 12.1 Å². The molecule has 0 aliphatic carbocycles. The number of nitrogens with zero attached hydrogens (tertiary/aromatic N) is 3. The zero-order valence-corrected chi connectivity index (χ0v) is 26.1. The fourth-order valence-electron chi connectivity index (χ4n) is 5.46. The second-order valence-corrected chi connectivity index (χ2v) is 12.2. The quantitative estimate of drug-likeness (QED) is 0.172. The molecule has 45 heavy (non-hydrogen) atoms. The molecular formula is C36H36N4O4S. The van der Waals surface area contributed by atoms with Crippen molar-refractivity contribution in [3.8, 4) is 11.1 Å². The molecule has 230 valence electrons. The summed E-state index contributed by atoms with van der Waals surface area (Å²) in [7, 11) is 1.99. The first-order chi connectivity index (χ1) is 22.0. The van der Waals surface area contributed by atoms with Crippen molar-refractivity contribution in [2.45, 2.75) is 43.7 Å². The molecule has 4 atom stereocenters. The summed E-state index contributed by atoms with van der Waals surface area (Å²) in [5, 5.41) is 13.5. The van der Waals surface area contributed by atoms with Crippen LogP contribution in [-0.2, 0) is 29.7 Å². The summed E-state index contributed by atoms with van der Waals surface area (Å²) in [6.07, 6.45) is 6.10. The van der Waals surface area contributed by atoms with Crippen LogP contribution >= 0.6 is 11.8 Å². The summed E-state index contributed by atoms with van der Waals surface area (Å²) in [5.41, 5.74) is 6.43. The van der Waals surface area contributed by atoms with E-state index in [-0.39, 0.29) is 30.6 Å². The van der Waals surface area contributed by atoms with Crippen LogP contribution in [0.25, 0.3) is 11.1 Å². The van der Waals surface area contributed by atoms with Crippen molar-refractivity contribution in [3.63, 3.8) is 0 Å². The lowest BCUT2D eigenvalue weighted by atomic mass is 9.91. The Bertz CT molecular complexity index is 1730. The zero-order valence-electron chi connectivity index (χ0n) is 25.2. The van der Waals surface area contributed by atoms with Crippen LogP contribution in [0.1, 0.15) is 51.9 Å². The number of nitrogens with one attached hydrogen (secondary N) is 1. The molecule has 1 aliphatic rings. The molecule has 0 radical (unpaired) electrons. The molecule has 0 spiro atoms. The maximum Gasteiger partial charge on any atom is 0.253 e. The molecule has 2 aromatic heterocycles. The Morgan fingerprint density at radius 2 is 1.73 bits per heavy atom. The SMILES string of the molecule is CC1C(CSc2nccn2C)OC(c2cccc(-c3cccc(CNC(=O)c4cccnc4)c3)c2)OC1c1ccc(CO)cc1. The molecule has 9 heteroatoms. The third kappa shape index (κ3) is 7.34. The number of hydrogen-bond donors (Lipinski definition) is 2. The second kappa shape index (κ2) is 14.2. The molecule has 1 amide bonds. The summed E-state index contributed by atoms with van der Waals surface area (Å²) < 4.78 is 15.4. The molecule has 1 fully saturated rings. The number of aromatic nitrogens is 3. The number of rotatable bonds is 10. The molecule has 4 unspecified atom stereocenters. The number of carbonyl (C=O) groups is 1. The van der Waals surface area contributed by atoms with Gasteiger partial charge in [-0.25, -0.2) is 4.98 Å². The maximum absolute atomic E-state index is 12.5. The van der Waals surface area contributed by atoms with Crippen molar-refractivity contribution in [3.05, 3.63) is 138 Å². The summed E-state index contributed by atoms with van der Waals surface area (Å²) in [6.45, 7) is 2.57. The first kappa shape index (κ1) is 30.7. The Labute approximate surface area is 267 Å². The minimum atomic E-state index is -0.572. The Morgan fingerprint density at radius 1 is 0.933 bits per heavy atom. The van der Waals surface area contributed by atoms with E-state index in [2.05, 4.69) is 46.5 Å². The largest absolute Gasteiger partial charge is 0.392 e. The number of imidazole rings is 1. The van der Waals surface area contributed by atoms with Gasteiger partial charge in [-0.1, -0.05) is 79.3 Å². The monoisotopic (exact) mass is 620 g/mol. The number of aliphatic hydroxyl groups excluding tert-OH is 1. The van der Waals surface area contributed by atoms with Crippen molar-refractivity contribution in [1.29, 1.82) is 0 Å². The highest BCUT2D eigenvalue weighted by Gasteiger charge is 2.38. The number of aliphatic hydroxyl groups is 1. The van der Waals surface area contributed by atoms with Crippen molar-refractivity contribution in [1.82, 2.24) is 19.9 Å². The predicted molar refractivity (Wildman–Crippen MR) is 174 cm³/mol. The lowest BCUT2D eigenvalue weighted by Gasteiger charge is -2.41. The predicted octanol–water partition coefficient (Wildman–Crippen LogP) is 6.49. The topological polar surface area (TPSA) is 98.5 Å². The molecule has 0 bridgehead atoms. The van der Waals surface area contributed by atoms with Gasteiger partial charge in [-0.2, -0.15) is 0 Å². The Kier molecular flexibility index (Phi) is 9.71. The molecule has 1 saturated heterocycles. The first-order valence-electron chi connectivity index (χ1n) is 15.0. The Hall–Kier alpha value is -4.28. The summed E-state index contributed by atoms with van der Waals surface area (Å²) >= 11 is 1.68. The minimum Gasteiger partial charge on any atom is -0.392 e. The average molecular weight is 621 g/mol. The number of hydrogen-bond acceptors (Lipinski definition) is 7. The molecule has 8 nitrogen and oxygen atoms in total. The normalized spacial score (nSPS) is 19.7. The van der Waals surface area contributed by atoms with Gasteiger partial charge in [0.05, 0.1) is 24.4 Å². The van der Waals surface area contributed by atoms with Gasteiger partial charge in [0.25, 0.3) is 5.91 Å². The van der Waals surface area contributed by atoms with E-state index in [1.807, 2.05) is 66.3 Å². The highest BCUT2D eigenvalue weighted by molar-refractivity contribution is 7.99. The van der Waals surface area contributed by atoms with Crippen molar-refractivity contribution < 1.29 is 19.4 Å². The second-order valence-electron chi connectivity index (χ2n) is 11.2. The maximum atomic E-state index is 12.5. The fourth-order valence-corrected chi connectivity index (χ4v) is 6.56. The number of carbonyl (C=O) groups excluding carboxylic acids is 1. The molecular weight excluding hydrogens is 584 g/mol. The first-order valence-corrected chi connectivity index (χ1v) is 16.0. The van der Waals surface area contributed by atoms with Crippen LogP contribution in [0.3, 0.4) is 0 Å². The number of ether oxygens (including phenoxy) is 2. The van der Waals surface area contributed by atoms with E-state index in [0.717, 1.165) is 44.3 Å². The number of amides is 1. The number of aryl methyl sites for hydroxylation is 1. The lowest BCUT2D eigenvalue weighted by Crippen LogP contribution is -2.38. The third-order valence-electron chi connectivity index (χ3n) is 8.07. The van der Waals surface area contributed by atoms with Gasteiger partial charge in [0.15, 0.2) is 11.4 Å². The van der Waals surface area contributed by atoms with Crippen molar-refractivity contribution in [2.24, 2.45) is 13.0 Å². The van der Waals surface area contributed by atoms with E-state index in [4.69, 9.17) is 9.47 Å². The standard InChI is InChI=1S/C36H36N4O4S/c1-24-32(23-45-36-38-16-17-40(36)2)43-35(44-33(24)27-13-11-25(22-41)12-14-27)30-9-4-8-29(19-30)28-7-3-6-26(18-28)20-39-34(42)31-10-5-15-37-21-31/h3-19,21,24,32-33,35,41H,20,22-23H2,1-2H3,(H,39,42). The number of benzene rings is 3. The van der Waals surface area contributed by atoms with Crippen LogP contribution in [0.2, 0.25) is 0 Å². The van der Waals surface area contributed by atoms with E-state index >= 15 is 0 Å². The van der Waals surface area contributed by atoms with Gasteiger partial charge in [0.1, 0.15) is 0 Å². The van der Waals surface area contributed by atoms with Gasteiger partial charge in [-0.05, 0) is 52.1 Å². The molecule has 6 rings (SSSR count). The molecule has 0 saturated carbocycles. The lowest BCUT2D eigenvalue weighted by molar-refractivity contribution is -0.268. The van der Waals surface area contributed by atoms with Crippen molar-refractivity contribution in [2.75, 3.05) is 5.75 Å². The van der Waals surface area contributed by atoms with Gasteiger partial charge < -0.3 is 24.5 Å². The van der Waals surface area contributed by atoms with Gasteiger partial charge in [0, 0.05) is 55.6 Å². The summed E-state index contributed by atoms with van der Waals surface area (Å²) in [4.78, 5) is 21.0. The summed E-state index contributed by atoms with van der Waals surface area (Å²) in [6, 6.07) is 27.9. The smallest absolute Gasteiger partial charge is 0.253 e. The van der Waals surface area contributed by atoms with E-state index < -0.39 is 6.29 Å². The molecule has 2 N–H and O–H groups in total. The van der Waals surface area contributed by atoms with Gasteiger partial charge in [-0.3, -0.25) is 9.78 Å². The Morgan fingerprint density at radius 3 is 2.47 bits per heavy atom. The summed E-state index contributed by atoms with van der Waals surface area (Å²) in [5.74, 6) is 0.645. The Balaban J connectivity index is 1.22. The number of thioether (sulfide) groups is 1. The molecule has 3 aromatic carbocycles. The molecule has 5 aromatic rings. The minimum absolute atomic E-state index is 0.000885. The van der Waals surface area contributed by atoms with E-state index in [1.54, 1.807) is 42.5 Å². The van der Waals surface area contributed by atoms with E-state index in [1.165, 1.54) is 0 Å². The van der Waals surface area contributed by atoms with Gasteiger partial charge >= 0.3 is 0 Å². The fraction of sp³-hybridized carbons (Fsp3) is 0.250. The van der Waals surface area contributed by atoms with Gasteiger partial charge in [0.2, 0.25) is 0 Å². The van der Waals surface area contributed by atoms with Crippen LogP contribution in [-0.4, -0.2) is 37.4 Å². The highest BCUT2D eigenvalue weighted by atomic mass is 32.2. The number of pyridine rings is 1. The van der Waals surface area contributed by atoms with Crippen molar-refractivity contribution >= 4 is 17.7 Å². The average Bonchev–Trinajstić information content (AvgIpc) is 3.51. The van der Waals surface area contributed by atoms with Crippen LogP contribution in [0, 0.1) is 5.92 Å². The molecule has 1 aliphatic heterocycles. The highest BCUT2D eigenvalue weighted by Crippen LogP contribution is 2.43. The van der Waals surface area contributed by atoms with E-state index in [9.17, 15) is 9.90 Å². The van der Waals surface area contributed by atoms with Crippen LogP contribution in [0.4, 0.5) is 0 Å². The van der Waals surface area contributed by atoms with Crippen LogP contribution in [0.15, 0.2) is 115 Å². The van der Waals surface area contributed by atoms with Crippen LogP contribution in [0.5, 0.6) is 0 Å². The third-order valence-corrected chi connectivity index (χ3v) is 9.22. The zero-order chi connectivity index (χ0) is 31.2. The van der Waals surface area contributed by atoms with Crippen LogP contribution < -0.4 is 5.32 Å². The molecule has 3 heterocycles. The van der Waals surface area contributed by atoms with Gasteiger partial charge in [-0.15, -0.1) is 0 Å².